The van der Waals surface area contributed by atoms with Gasteiger partial charge in [-0.3, -0.25) is 4.66 Å². The summed E-state index contributed by atoms with van der Waals surface area (Å²) in [6, 6.07) is 0. The van der Waals surface area contributed by atoms with Gasteiger partial charge in [-0.25, -0.2) is 0 Å². The molecule has 0 fully saturated rings. The average Bonchev–Trinajstić information content (AvgIpc) is 1.79. The Kier molecular flexibility index (Phi) is 4.38. The van der Waals surface area contributed by atoms with E-state index in [0.717, 1.165) is 12.3 Å². The highest BCUT2D eigenvalue weighted by molar-refractivity contribution is 6.76. The minimum atomic E-state index is -1.45. The van der Waals surface area contributed by atoms with E-state index >= 15 is 0 Å². The van der Waals surface area contributed by atoms with Crippen molar-refractivity contribution in [3.8, 4) is 0 Å². The van der Waals surface area contributed by atoms with Crippen LogP contribution in [0.3, 0.4) is 0 Å². The van der Waals surface area contributed by atoms with Gasteiger partial charge < -0.3 is 4.43 Å². The summed E-state index contributed by atoms with van der Waals surface area (Å²) in [5, 5.41) is 0. The molecule has 0 aromatic rings. The fourth-order valence-electron chi connectivity index (χ4n) is 0.902. The Morgan fingerprint density at radius 1 is 1.08 bits per heavy atom. The second-order valence-electron chi connectivity index (χ2n) is 5.24. The maximum Gasteiger partial charge on any atom is 0.243 e. The summed E-state index contributed by atoms with van der Waals surface area (Å²) in [6.45, 7) is 15.4. The van der Waals surface area contributed by atoms with Gasteiger partial charge in [-0.05, 0) is 39.3 Å². The van der Waals surface area contributed by atoms with E-state index in [0.29, 0.717) is 0 Å². The molecule has 0 atom stereocenters. The zero-order chi connectivity index (χ0) is 10.7. The molecule has 0 aliphatic carbocycles. The molecule has 0 saturated heterocycles. The van der Waals surface area contributed by atoms with Crippen LogP contribution in [0, 0.1) is 0 Å². The summed E-state index contributed by atoms with van der Waals surface area (Å²) in [7, 11) is -2.81. The maximum absolute atomic E-state index is 5.89. The van der Waals surface area contributed by atoms with Crippen LogP contribution >= 0.6 is 0 Å². The van der Waals surface area contributed by atoms with Gasteiger partial charge in [0.25, 0.3) is 0 Å². The lowest BCUT2D eigenvalue weighted by Gasteiger charge is -2.22. The van der Waals surface area contributed by atoms with Gasteiger partial charge >= 0.3 is 0 Å². The van der Waals surface area contributed by atoms with Gasteiger partial charge in [-0.1, -0.05) is 6.92 Å². The first-order valence-corrected chi connectivity index (χ1v) is 11.8. The highest BCUT2D eigenvalue weighted by Gasteiger charge is 2.20. The molecule has 0 aliphatic rings. The fourth-order valence-corrected chi connectivity index (χ4v) is 2.84. The van der Waals surface area contributed by atoms with Crippen molar-refractivity contribution < 1.29 is 4.43 Å². The Labute approximate surface area is 84.6 Å². The van der Waals surface area contributed by atoms with Gasteiger partial charge in [0.2, 0.25) is 8.32 Å². The molecule has 2 nitrogen and oxygen atoms in total. The van der Waals surface area contributed by atoms with Crippen molar-refractivity contribution in [3.63, 3.8) is 0 Å². The zero-order valence-electron chi connectivity index (χ0n) is 10.1. The van der Waals surface area contributed by atoms with E-state index in [1.807, 2.05) is 0 Å². The van der Waals surface area contributed by atoms with Crippen LogP contribution in [0.5, 0.6) is 0 Å². The normalized spacial score (nSPS) is 14.5. The molecule has 78 valence electrons. The number of rotatable bonds is 3. The first-order valence-electron chi connectivity index (χ1n) is 4.92. The van der Waals surface area contributed by atoms with Crippen molar-refractivity contribution in [2.75, 3.05) is 0 Å². The molecule has 0 spiro atoms. The van der Waals surface area contributed by atoms with Crippen molar-refractivity contribution in [3.05, 3.63) is 0 Å². The molecule has 0 bridgehead atoms. The Morgan fingerprint density at radius 3 is 1.77 bits per heavy atom. The van der Waals surface area contributed by atoms with Crippen molar-refractivity contribution in [1.29, 1.82) is 0 Å². The van der Waals surface area contributed by atoms with Crippen molar-refractivity contribution in [2.24, 2.45) is 4.66 Å². The summed E-state index contributed by atoms with van der Waals surface area (Å²) >= 11 is 0. The van der Waals surface area contributed by atoms with E-state index in [4.69, 9.17) is 4.43 Å². The lowest BCUT2D eigenvalue weighted by Crippen LogP contribution is -2.31. The van der Waals surface area contributed by atoms with E-state index in [-0.39, 0.29) is 0 Å². The molecule has 0 rings (SSSR count). The lowest BCUT2D eigenvalue weighted by atomic mass is 10.5. The molecule has 0 amide bonds. The first-order chi connectivity index (χ1) is 5.64. The number of hydrogen-bond donors (Lipinski definition) is 0. The summed E-state index contributed by atoms with van der Waals surface area (Å²) in [5.74, 6) is 0.971. The smallest absolute Gasteiger partial charge is 0.243 e. The number of hydrogen-bond acceptors (Lipinski definition) is 2. The van der Waals surface area contributed by atoms with Gasteiger partial charge in [0.05, 0.1) is 0 Å². The average molecular weight is 217 g/mol. The van der Waals surface area contributed by atoms with Gasteiger partial charge in [-0.2, -0.15) is 0 Å². The monoisotopic (exact) mass is 217 g/mol. The minimum Gasteiger partial charge on any atom is -0.535 e. The summed E-state index contributed by atoms with van der Waals surface area (Å²) in [4.78, 5) is 0. The van der Waals surface area contributed by atoms with Gasteiger partial charge in [0, 0.05) is 6.42 Å². The third-order valence-electron chi connectivity index (χ3n) is 1.19. The second kappa shape index (κ2) is 4.42. The predicted molar refractivity (Wildman–Crippen MR) is 65.5 cm³/mol. The fraction of sp³-hybridized carbons (Fsp3) is 0.889. The van der Waals surface area contributed by atoms with Crippen LogP contribution in [-0.4, -0.2) is 22.5 Å². The molecule has 4 heteroatoms. The Balaban J connectivity index is 4.45. The van der Waals surface area contributed by atoms with Crippen molar-refractivity contribution in [1.82, 2.24) is 0 Å². The molecule has 0 aromatic carbocycles. The van der Waals surface area contributed by atoms with E-state index in [1.165, 1.54) is 0 Å². The van der Waals surface area contributed by atoms with Crippen LogP contribution in [0.15, 0.2) is 4.66 Å². The second-order valence-corrected chi connectivity index (χ2v) is 14.2. The molecule has 0 radical (unpaired) electrons. The van der Waals surface area contributed by atoms with E-state index < -0.39 is 16.6 Å². The lowest BCUT2D eigenvalue weighted by molar-refractivity contribution is 0.537. The zero-order valence-corrected chi connectivity index (χ0v) is 12.1. The third-order valence-corrected chi connectivity index (χ3v) is 2.95. The van der Waals surface area contributed by atoms with Crippen LogP contribution in [0.4, 0.5) is 0 Å². The molecule has 0 aliphatic heterocycles. The molecule has 13 heavy (non-hydrogen) atoms. The highest BCUT2D eigenvalue weighted by atomic mass is 28.4. The first kappa shape index (κ1) is 12.9. The Hall–Kier alpha value is -0.0962. The molecular formula is C9H23NOSi2. The molecule has 0 heterocycles. The SMILES string of the molecule is CC/C(=N/[Si](C)(C)C)O[Si](C)(C)C. The standard InChI is InChI=1S/C9H23NOSi2/c1-8-9(10-12(2,3)4)11-13(5,6)7/h8H2,1-7H3/b10-9-. The summed E-state index contributed by atoms with van der Waals surface area (Å²) in [5.41, 5.74) is 0. The molecule has 0 saturated carbocycles. The predicted octanol–water partition coefficient (Wildman–Crippen LogP) is 3.48. The minimum absolute atomic E-state index is 0.925. The van der Waals surface area contributed by atoms with Crippen molar-refractivity contribution >= 4 is 22.5 Å². The van der Waals surface area contributed by atoms with E-state index in [2.05, 4.69) is 50.9 Å². The Bertz CT molecular complexity index is 189. The van der Waals surface area contributed by atoms with Gasteiger partial charge in [-0.15, -0.1) is 0 Å². The third kappa shape index (κ3) is 8.24. The van der Waals surface area contributed by atoms with Crippen LogP contribution < -0.4 is 0 Å². The van der Waals surface area contributed by atoms with E-state index in [9.17, 15) is 0 Å². The summed E-state index contributed by atoms with van der Waals surface area (Å²) < 4.78 is 10.6. The van der Waals surface area contributed by atoms with Gasteiger partial charge in [0.15, 0.2) is 14.1 Å². The topological polar surface area (TPSA) is 21.6 Å². The quantitative estimate of drug-likeness (QED) is 0.403. The van der Waals surface area contributed by atoms with Crippen LogP contribution in [0.2, 0.25) is 39.3 Å². The van der Waals surface area contributed by atoms with Crippen LogP contribution in [0.1, 0.15) is 13.3 Å². The van der Waals surface area contributed by atoms with Gasteiger partial charge in [0.1, 0.15) is 0 Å². The molecule has 0 aromatic heterocycles. The number of nitrogens with zero attached hydrogens (tertiary/aromatic N) is 1. The van der Waals surface area contributed by atoms with Crippen LogP contribution in [-0.2, 0) is 4.43 Å². The molecule has 0 unspecified atom stereocenters. The van der Waals surface area contributed by atoms with E-state index in [1.54, 1.807) is 0 Å². The molecular weight excluding hydrogens is 194 g/mol. The maximum atomic E-state index is 5.89. The largest absolute Gasteiger partial charge is 0.535 e. The van der Waals surface area contributed by atoms with Crippen LogP contribution in [0.25, 0.3) is 0 Å². The molecule has 0 N–H and O–H groups in total. The Morgan fingerprint density at radius 2 is 1.54 bits per heavy atom. The highest BCUT2D eigenvalue weighted by Crippen LogP contribution is 2.10. The van der Waals surface area contributed by atoms with Crippen molar-refractivity contribution in [2.45, 2.75) is 52.6 Å². The summed E-state index contributed by atoms with van der Waals surface area (Å²) in [6.07, 6.45) is 0.925.